The number of aliphatic carboxylic acids is 1. The molecule has 2 aromatic rings. The molecule has 0 heterocycles. The summed E-state index contributed by atoms with van der Waals surface area (Å²) in [5.41, 5.74) is 7.93. The number of amides is 1. The molecule has 0 saturated carbocycles. The van der Waals surface area contributed by atoms with Crippen LogP contribution in [0.2, 0.25) is 0 Å². The first-order valence-corrected chi connectivity index (χ1v) is 14.4. The minimum absolute atomic E-state index is 0.0658. The van der Waals surface area contributed by atoms with Gasteiger partial charge in [-0.05, 0) is 56.7 Å². The summed E-state index contributed by atoms with van der Waals surface area (Å²) >= 11 is 0. The number of nitrogens with two attached hydrogens (primary N) is 1. The molecule has 210 valence electrons. The van der Waals surface area contributed by atoms with Crippen LogP contribution in [0.5, 0.6) is 0 Å². The van der Waals surface area contributed by atoms with Crippen LogP contribution >= 0.6 is 0 Å². The van der Waals surface area contributed by atoms with E-state index in [2.05, 4.69) is 5.32 Å². The summed E-state index contributed by atoms with van der Waals surface area (Å²) in [6.07, 6.45) is 0.501. The van der Waals surface area contributed by atoms with Crippen LogP contribution in [-0.4, -0.2) is 61.0 Å². The summed E-state index contributed by atoms with van der Waals surface area (Å²) in [7, 11) is -4.01. The van der Waals surface area contributed by atoms with Crippen LogP contribution in [0.1, 0.15) is 51.2 Å². The number of rotatable bonds is 16. The van der Waals surface area contributed by atoms with E-state index < -0.39 is 34.2 Å². The summed E-state index contributed by atoms with van der Waals surface area (Å²) < 4.78 is 33.5. The molecule has 4 N–H and O–H groups in total. The molecule has 0 aromatic heterocycles. The maximum Gasteiger partial charge on any atom is 0.322 e. The molecule has 0 bridgehead atoms. The van der Waals surface area contributed by atoms with E-state index in [1.54, 1.807) is 19.1 Å². The van der Waals surface area contributed by atoms with Crippen LogP contribution in [0.4, 0.5) is 0 Å². The van der Waals surface area contributed by atoms with Gasteiger partial charge in [0.15, 0.2) is 0 Å². The van der Waals surface area contributed by atoms with Gasteiger partial charge >= 0.3 is 5.97 Å². The van der Waals surface area contributed by atoms with Crippen molar-refractivity contribution in [2.75, 3.05) is 13.1 Å². The average molecular weight is 548 g/mol. The Morgan fingerprint density at radius 1 is 1.03 bits per heavy atom. The number of hydrogen-bond acceptors (Lipinski definition) is 6. The lowest BCUT2D eigenvalue weighted by Gasteiger charge is -2.29. The van der Waals surface area contributed by atoms with Crippen LogP contribution in [0.3, 0.4) is 0 Å². The lowest BCUT2D eigenvalue weighted by Crippen LogP contribution is -2.48. The van der Waals surface area contributed by atoms with E-state index in [-0.39, 0.29) is 29.7 Å². The molecule has 1 amide bonds. The van der Waals surface area contributed by atoms with Gasteiger partial charge in [-0.25, -0.2) is 8.42 Å². The predicted molar refractivity (Wildman–Crippen MR) is 147 cm³/mol. The molecule has 0 radical (unpaired) electrons. The fraction of sp³-hybridized carbons (Fsp3) is 0.500. The largest absolute Gasteiger partial charge is 0.480 e. The Hall–Kier alpha value is -2.79. The molecule has 38 heavy (non-hydrogen) atoms. The summed E-state index contributed by atoms with van der Waals surface area (Å²) in [6, 6.07) is 13.9. The van der Waals surface area contributed by atoms with Crippen molar-refractivity contribution in [1.29, 1.82) is 0 Å². The number of nitrogens with one attached hydrogen (secondary N) is 1. The molecule has 0 spiro atoms. The van der Waals surface area contributed by atoms with E-state index in [9.17, 15) is 23.1 Å². The molecule has 0 aliphatic carbocycles. The zero-order chi connectivity index (χ0) is 28.3. The molecule has 0 aliphatic rings. The molecule has 0 fully saturated rings. The molecular formula is C28H41N3O6S. The number of sulfonamides is 1. The van der Waals surface area contributed by atoms with Crippen molar-refractivity contribution < 1.29 is 27.9 Å². The Bertz CT molecular complexity index is 1120. The summed E-state index contributed by atoms with van der Waals surface area (Å²) in [4.78, 5) is 24.7. The highest BCUT2D eigenvalue weighted by Gasteiger charge is 2.36. The van der Waals surface area contributed by atoms with Gasteiger partial charge in [-0.1, -0.05) is 61.9 Å². The zero-order valence-electron chi connectivity index (χ0n) is 22.7. The number of carboxylic acids is 1. The van der Waals surface area contributed by atoms with Crippen molar-refractivity contribution in [3.8, 4) is 0 Å². The molecule has 3 atom stereocenters. The second-order valence-corrected chi connectivity index (χ2v) is 11.8. The van der Waals surface area contributed by atoms with Crippen LogP contribution in [0, 0.1) is 12.8 Å². The van der Waals surface area contributed by atoms with Crippen LogP contribution in [0.15, 0.2) is 59.5 Å². The molecular weight excluding hydrogens is 506 g/mol. The number of aryl methyl sites for hydroxylation is 1. The van der Waals surface area contributed by atoms with E-state index in [1.807, 2.05) is 51.1 Å². The fourth-order valence-corrected chi connectivity index (χ4v) is 5.68. The van der Waals surface area contributed by atoms with Crippen LogP contribution < -0.4 is 11.1 Å². The fourth-order valence-electron chi connectivity index (χ4n) is 3.90. The van der Waals surface area contributed by atoms with Gasteiger partial charge in [-0.15, -0.1) is 0 Å². The molecule has 2 aromatic carbocycles. The maximum absolute atomic E-state index is 13.4. The van der Waals surface area contributed by atoms with E-state index in [0.717, 1.165) is 15.4 Å². The van der Waals surface area contributed by atoms with E-state index >= 15 is 0 Å². The first-order chi connectivity index (χ1) is 17.9. The molecule has 0 aliphatic heterocycles. The zero-order valence-corrected chi connectivity index (χ0v) is 23.5. The third kappa shape index (κ3) is 9.50. The first-order valence-electron chi connectivity index (χ1n) is 12.9. The molecule has 0 unspecified atom stereocenters. The summed E-state index contributed by atoms with van der Waals surface area (Å²) in [5.74, 6) is -1.62. The van der Waals surface area contributed by atoms with Crippen LogP contribution in [0.25, 0.3) is 0 Å². The Labute approximate surface area is 226 Å². The summed E-state index contributed by atoms with van der Waals surface area (Å²) in [5, 5.41) is 12.7. The van der Waals surface area contributed by atoms with Gasteiger partial charge in [0.1, 0.15) is 12.1 Å². The predicted octanol–water partition coefficient (Wildman–Crippen LogP) is 3.31. The van der Waals surface area contributed by atoms with Crippen molar-refractivity contribution in [2.45, 2.75) is 76.6 Å². The van der Waals surface area contributed by atoms with Gasteiger partial charge in [0.2, 0.25) is 15.9 Å². The number of hydrogen-bond donors (Lipinski definition) is 3. The van der Waals surface area contributed by atoms with Crippen molar-refractivity contribution in [3.05, 3.63) is 65.7 Å². The monoisotopic (exact) mass is 547 g/mol. The standard InChI is InChI=1S/C28H41N3O6S/c1-20(2)18-31(38(35,36)24-15-13-21(3)14-16-24)25(28(33)34)12-8-9-17-30-27(32)26(29)22(4)37-19-23-10-6-5-7-11-23/h5-7,10-11,13-16,20,22,25-26H,8-9,12,17-19,29H2,1-4H3,(H,30,32)(H,33,34)/t22-,25+,26+/m1/s1. The van der Waals surface area contributed by atoms with Gasteiger partial charge in [0.05, 0.1) is 17.6 Å². The van der Waals surface area contributed by atoms with Gasteiger partial charge in [-0.2, -0.15) is 4.31 Å². The third-order valence-corrected chi connectivity index (χ3v) is 8.06. The van der Waals surface area contributed by atoms with Gasteiger partial charge in [-0.3, -0.25) is 9.59 Å². The Morgan fingerprint density at radius 3 is 2.24 bits per heavy atom. The number of unbranched alkanes of at least 4 members (excludes halogenated alkanes) is 1. The molecule has 0 saturated heterocycles. The van der Waals surface area contributed by atoms with Crippen molar-refractivity contribution in [1.82, 2.24) is 9.62 Å². The number of carbonyl (C=O) groups excluding carboxylic acids is 1. The molecule has 10 heteroatoms. The van der Waals surface area contributed by atoms with E-state index in [4.69, 9.17) is 10.5 Å². The number of ether oxygens (including phenoxy) is 1. The SMILES string of the molecule is Cc1ccc(S(=O)(=O)N(CC(C)C)[C@@H](CCCCNC(=O)[C@@H](N)[C@@H](C)OCc2ccccc2)C(=O)O)cc1. The van der Waals surface area contributed by atoms with Crippen molar-refractivity contribution in [3.63, 3.8) is 0 Å². The third-order valence-electron chi connectivity index (χ3n) is 6.17. The van der Waals surface area contributed by atoms with Gasteiger partial charge in [0.25, 0.3) is 0 Å². The lowest BCUT2D eigenvalue weighted by atomic mass is 10.1. The second-order valence-electron chi connectivity index (χ2n) is 9.95. The highest BCUT2D eigenvalue weighted by Crippen LogP contribution is 2.23. The van der Waals surface area contributed by atoms with Gasteiger partial charge < -0.3 is 20.9 Å². The smallest absolute Gasteiger partial charge is 0.322 e. The molecule has 9 nitrogen and oxygen atoms in total. The minimum Gasteiger partial charge on any atom is -0.480 e. The number of carbonyl (C=O) groups is 2. The van der Waals surface area contributed by atoms with Crippen LogP contribution in [-0.2, 0) is 31.0 Å². The highest BCUT2D eigenvalue weighted by atomic mass is 32.2. The van der Waals surface area contributed by atoms with E-state index in [0.29, 0.717) is 26.0 Å². The summed E-state index contributed by atoms with van der Waals surface area (Å²) in [6.45, 7) is 8.01. The minimum atomic E-state index is -4.01. The quantitative estimate of drug-likeness (QED) is 0.274. The maximum atomic E-state index is 13.4. The Morgan fingerprint density at radius 2 is 1.66 bits per heavy atom. The number of nitrogens with zero attached hydrogens (tertiary/aromatic N) is 1. The number of carboxylic acid groups (broad SMARTS) is 1. The normalized spacial score (nSPS) is 14.3. The first kappa shape index (κ1) is 31.4. The average Bonchev–Trinajstić information content (AvgIpc) is 2.88. The second kappa shape index (κ2) is 15.0. The van der Waals surface area contributed by atoms with Crippen molar-refractivity contribution >= 4 is 21.9 Å². The van der Waals surface area contributed by atoms with Crippen molar-refractivity contribution in [2.24, 2.45) is 11.7 Å². The van der Waals surface area contributed by atoms with E-state index in [1.165, 1.54) is 12.1 Å². The van der Waals surface area contributed by atoms with Gasteiger partial charge in [0, 0.05) is 13.1 Å². The molecule has 2 rings (SSSR count). The lowest BCUT2D eigenvalue weighted by molar-refractivity contribution is -0.142. The highest BCUT2D eigenvalue weighted by molar-refractivity contribution is 7.89. The Balaban J connectivity index is 1.91. The topological polar surface area (TPSA) is 139 Å². The number of benzene rings is 2. The Kier molecular flexibility index (Phi) is 12.4.